The minimum Gasteiger partial charge on any atom is -0.368 e. The zero-order chi connectivity index (χ0) is 19.3. The average molecular weight is 402 g/mol. The molecule has 8 heteroatoms. The van der Waals surface area contributed by atoms with Crippen molar-refractivity contribution in [3.8, 4) is 0 Å². The molecule has 0 bridgehead atoms. The van der Waals surface area contributed by atoms with Gasteiger partial charge in [0.1, 0.15) is 10.8 Å². The lowest BCUT2D eigenvalue weighted by molar-refractivity contribution is -0.113. The molecule has 1 saturated heterocycles. The lowest BCUT2D eigenvalue weighted by Crippen LogP contribution is -2.39. The molecule has 1 aromatic carbocycles. The van der Waals surface area contributed by atoms with Crippen molar-refractivity contribution >= 4 is 38.9 Å². The summed E-state index contributed by atoms with van der Waals surface area (Å²) in [6, 6.07) is 5.11. The summed E-state index contributed by atoms with van der Waals surface area (Å²) in [5.41, 5.74) is 1.10. The van der Waals surface area contributed by atoms with Crippen LogP contribution in [0.5, 0.6) is 0 Å². The lowest BCUT2D eigenvalue weighted by Gasteiger charge is -2.36. The maximum absolute atomic E-state index is 13.0. The molecule has 1 aliphatic heterocycles. The fourth-order valence-electron chi connectivity index (χ4n) is 3.11. The first kappa shape index (κ1) is 21.0. The maximum Gasteiger partial charge on any atom is 0.242 e. The predicted octanol–water partition coefficient (Wildman–Crippen LogP) is 3.32. The van der Waals surface area contributed by atoms with Crippen molar-refractivity contribution in [2.75, 3.05) is 22.6 Å². The number of rotatable bonds is 7. The third-order valence-electron chi connectivity index (χ3n) is 4.74. The van der Waals surface area contributed by atoms with Crippen LogP contribution in [0.1, 0.15) is 46.5 Å². The number of hydrogen-bond donors (Lipinski definition) is 2. The molecular weight excluding hydrogens is 374 g/mol. The van der Waals surface area contributed by atoms with Gasteiger partial charge in [-0.1, -0.05) is 6.92 Å². The Labute approximate surface area is 161 Å². The van der Waals surface area contributed by atoms with Crippen LogP contribution in [0.4, 0.5) is 11.4 Å². The molecule has 2 atom stereocenters. The number of nitrogens with one attached hydrogen (secondary N) is 2. The highest BCUT2D eigenvalue weighted by molar-refractivity contribution is 7.89. The van der Waals surface area contributed by atoms with E-state index in [-0.39, 0.29) is 28.8 Å². The maximum atomic E-state index is 13.0. The highest BCUT2D eigenvalue weighted by Crippen LogP contribution is 2.33. The number of anilines is 2. The molecule has 1 amide bonds. The van der Waals surface area contributed by atoms with Gasteiger partial charge < -0.3 is 10.2 Å². The van der Waals surface area contributed by atoms with E-state index in [0.717, 1.165) is 25.8 Å². The fourth-order valence-corrected chi connectivity index (χ4v) is 4.74. The van der Waals surface area contributed by atoms with Crippen LogP contribution >= 0.6 is 11.6 Å². The Hall–Kier alpha value is -1.31. The first-order valence-corrected chi connectivity index (χ1v) is 11.1. The van der Waals surface area contributed by atoms with Crippen molar-refractivity contribution in [2.45, 2.75) is 63.4 Å². The highest BCUT2D eigenvalue weighted by Gasteiger charge is 2.27. The Morgan fingerprint density at radius 3 is 2.73 bits per heavy atom. The summed E-state index contributed by atoms with van der Waals surface area (Å²) >= 11 is 5.54. The first-order valence-electron chi connectivity index (χ1n) is 9.07. The number of carbonyl (C=O) groups is 1. The number of alkyl halides is 1. The number of nitrogens with zero attached hydrogens (tertiary/aromatic N) is 1. The first-order chi connectivity index (χ1) is 12.3. The molecule has 1 aliphatic rings. The number of piperidine rings is 1. The van der Waals surface area contributed by atoms with E-state index in [0.29, 0.717) is 17.8 Å². The van der Waals surface area contributed by atoms with Crippen LogP contribution in [0.3, 0.4) is 0 Å². The zero-order valence-electron chi connectivity index (χ0n) is 15.6. The second-order valence-corrected chi connectivity index (χ2v) is 8.78. The molecule has 146 valence electrons. The molecule has 2 rings (SSSR count). The van der Waals surface area contributed by atoms with Gasteiger partial charge in [0.2, 0.25) is 15.9 Å². The molecule has 0 aliphatic carbocycles. The lowest BCUT2D eigenvalue weighted by atomic mass is 10.0. The third kappa shape index (κ3) is 5.11. The molecule has 0 unspecified atom stereocenters. The van der Waals surface area contributed by atoms with E-state index >= 15 is 0 Å². The summed E-state index contributed by atoms with van der Waals surface area (Å²) in [6.07, 6.45) is 3.91. The normalized spacial score (nSPS) is 19.2. The van der Waals surface area contributed by atoms with Crippen LogP contribution in [-0.4, -0.2) is 38.8 Å². The van der Waals surface area contributed by atoms with Gasteiger partial charge in [-0.05, 0) is 57.7 Å². The van der Waals surface area contributed by atoms with Crippen molar-refractivity contribution in [1.82, 2.24) is 4.72 Å². The van der Waals surface area contributed by atoms with E-state index in [1.54, 1.807) is 12.1 Å². The van der Waals surface area contributed by atoms with E-state index < -0.39 is 10.0 Å². The Morgan fingerprint density at radius 1 is 1.38 bits per heavy atom. The largest absolute Gasteiger partial charge is 0.368 e. The highest BCUT2D eigenvalue weighted by atomic mass is 35.5. The third-order valence-corrected chi connectivity index (χ3v) is 6.60. The topological polar surface area (TPSA) is 78.5 Å². The van der Waals surface area contributed by atoms with E-state index in [4.69, 9.17) is 11.6 Å². The van der Waals surface area contributed by atoms with Crippen LogP contribution in [0.2, 0.25) is 0 Å². The summed E-state index contributed by atoms with van der Waals surface area (Å²) < 4.78 is 28.7. The minimum absolute atomic E-state index is 0.173. The minimum atomic E-state index is -3.72. The Morgan fingerprint density at radius 2 is 2.12 bits per heavy atom. The zero-order valence-corrected chi connectivity index (χ0v) is 17.2. The van der Waals surface area contributed by atoms with E-state index in [2.05, 4.69) is 21.9 Å². The predicted molar refractivity (Wildman–Crippen MR) is 107 cm³/mol. The van der Waals surface area contributed by atoms with E-state index in [1.165, 1.54) is 6.07 Å². The molecule has 0 radical (unpaired) electrons. The molecule has 1 aromatic rings. The summed E-state index contributed by atoms with van der Waals surface area (Å²) in [6.45, 7) is 6.69. The molecular formula is C18H28ClN3O3S. The quantitative estimate of drug-likeness (QED) is 0.687. The standard InChI is InChI=1S/C18H28ClN3O3S/c1-4-13(2)21-26(24,25)17-11-15(20-18(23)12-19)8-9-16(17)22-10-6-5-7-14(22)3/h8-9,11,13-14,21H,4-7,10,12H2,1-3H3,(H,20,23)/t13-,14-/m0/s1. The molecule has 0 spiro atoms. The summed E-state index contributed by atoms with van der Waals surface area (Å²) in [5.74, 6) is -0.554. The number of hydrogen-bond acceptors (Lipinski definition) is 4. The second kappa shape index (κ2) is 9.06. The van der Waals surface area contributed by atoms with Gasteiger partial charge in [-0.15, -0.1) is 11.6 Å². The van der Waals surface area contributed by atoms with Crippen molar-refractivity contribution in [2.24, 2.45) is 0 Å². The van der Waals surface area contributed by atoms with Crippen molar-refractivity contribution in [3.63, 3.8) is 0 Å². The molecule has 0 saturated carbocycles. The molecule has 1 heterocycles. The van der Waals surface area contributed by atoms with Crippen molar-refractivity contribution in [1.29, 1.82) is 0 Å². The van der Waals surface area contributed by atoms with Gasteiger partial charge in [0, 0.05) is 24.3 Å². The molecule has 1 fully saturated rings. The van der Waals surface area contributed by atoms with E-state index in [9.17, 15) is 13.2 Å². The van der Waals surface area contributed by atoms with Gasteiger partial charge in [0.15, 0.2) is 0 Å². The molecule has 26 heavy (non-hydrogen) atoms. The number of halogens is 1. The van der Waals surface area contributed by atoms with Gasteiger partial charge >= 0.3 is 0 Å². The summed E-state index contributed by atoms with van der Waals surface area (Å²) in [4.78, 5) is 13.9. The van der Waals surface area contributed by atoms with E-state index in [1.807, 2.05) is 13.8 Å². The van der Waals surface area contributed by atoms with Gasteiger partial charge in [-0.3, -0.25) is 4.79 Å². The number of amides is 1. The Bertz CT molecular complexity index is 739. The number of carbonyl (C=O) groups excluding carboxylic acids is 1. The average Bonchev–Trinajstić information content (AvgIpc) is 2.61. The van der Waals surface area contributed by atoms with Gasteiger partial charge in [0.25, 0.3) is 0 Å². The molecule has 2 N–H and O–H groups in total. The van der Waals surface area contributed by atoms with Gasteiger partial charge in [0.05, 0.1) is 5.69 Å². The van der Waals surface area contributed by atoms with Gasteiger partial charge in [-0.25, -0.2) is 13.1 Å². The number of sulfonamides is 1. The fraction of sp³-hybridized carbons (Fsp3) is 0.611. The molecule has 0 aromatic heterocycles. The Balaban J connectivity index is 2.47. The second-order valence-electron chi connectivity index (χ2n) is 6.83. The van der Waals surface area contributed by atoms with Crippen LogP contribution in [0.15, 0.2) is 23.1 Å². The van der Waals surface area contributed by atoms with Crippen molar-refractivity contribution < 1.29 is 13.2 Å². The van der Waals surface area contributed by atoms with Crippen molar-refractivity contribution in [3.05, 3.63) is 18.2 Å². The Kier molecular flexibility index (Phi) is 7.32. The van der Waals surface area contributed by atoms with Gasteiger partial charge in [-0.2, -0.15) is 0 Å². The van der Waals surface area contributed by atoms with Crippen LogP contribution in [-0.2, 0) is 14.8 Å². The summed E-state index contributed by atoms with van der Waals surface area (Å²) in [5, 5.41) is 2.63. The molecule has 6 nitrogen and oxygen atoms in total. The summed E-state index contributed by atoms with van der Waals surface area (Å²) in [7, 11) is -3.72. The van der Waals surface area contributed by atoms with Crippen LogP contribution in [0, 0.1) is 0 Å². The van der Waals surface area contributed by atoms with Crippen LogP contribution < -0.4 is 14.9 Å². The SMILES string of the molecule is CC[C@H](C)NS(=O)(=O)c1cc(NC(=O)CCl)ccc1N1CCCC[C@@H]1C. The van der Waals surface area contributed by atoms with Crippen LogP contribution in [0.25, 0.3) is 0 Å². The number of benzene rings is 1. The monoisotopic (exact) mass is 401 g/mol. The smallest absolute Gasteiger partial charge is 0.242 e.